The van der Waals surface area contributed by atoms with Gasteiger partial charge in [-0.15, -0.1) is 0 Å². The summed E-state index contributed by atoms with van der Waals surface area (Å²) in [4.78, 5) is 38.7. The molecule has 3 aromatic carbocycles. The van der Waals surface area contributed by atoms with Gasteiger partial charge >= 0.3 is 11.9 Å². The molecule has 1 heterocycles. The summed E-state index contributed by atoms with van der Waals surface area (Å²) in [6.07, 6.45) is 0. The van der Waals surface area contributed by atoms with Gasteiger partial charge in [-0.25, -0.2) is 4.79 Å². The minimum atomic E-state index is -1.06. The number of phenolic OH excluding ortho intramolecular Hbond substituents is 1. The van der Waals surface area contributed by atoms with E-state index in [0.29, 0.717) is 0 Å². The highest BCUT2D eigenvalue weighted by Crippen LogP contribution is 2.39. The molecule has 0 bridgehead atoms. The summed E-state index contributed by atoms with van der Waals surface area (Å²) in [6.45, 7) is -0.0204. The van der Waals surface area contributed by atoms with Gasteiger partial charge < -0.3 is 48.5 Å². The SMILES string of the molecule is CC(=O)Oc1ccccc1C(=O)Oc1c(-c2ccc(OCCO)c(OCCO)c2)oc2cc(OCCO)cc(O)c2c1=O. The van der Waals surface area contributed by atoms with Crippen molar-refractivity contribution in [2.24, 2.45) is 0 Å². The van der Waals surface area contributed by atoms with E-state index in [-0.39, 0.29) is 90.5 Å². The summed E-state index contributed by atoms with van der Waals surface area (Å²) >= 11 is 0. The number of benzene rings is 3. The zero-order valence-corrected chi connectivity index (χ0v) is 22.9. The van der Waals surface area contributed by atoms with Crippen molar-refractivity contribution in [3.63, 3.8) is 0 Å². The van der Waals surface area contributed by atoms with E-state index in [4.69, 9.17) is 38.3 Å². The van der Waals surface area contributed by atoms with Crippen LogP contribution in [0.4, 0.5) is 0 Å². The lowest BCUT2D eigenvalue weighted by molar-refractivity contribution is -0.131. The molecular weight excluding hydrogens is 568 g/mol. The Morgan fingerprint density at radius 1 is 0.791 bits per heavy atom. The van der Waals surface area contributed by atoms with E-state index < -0.39 is 28.9 Å². The van der Waals surface area contributed by atoms with Crippen LogP contribution in [0.2, 0.25) is 0 Å². The van der Waals surface area contributed by atoms with Crippen LogP contribution in [0.15, 0.2) is 63.8 Å². The lowest BCUT2D eigenvalue weighted by atomic mass is 10.1. The van der Waals surface area contributed by atoms with Gasteiger partial charge in [0.1, 0.15) is 53.6 Å². The molecular formula is C30H28O13. The van der Waals surface area contributed by atoms with Gasteiger partial charge in [0, 0.05) is 24.6 Å². The summed E-state index contributed by atoms with van der Waals surface area (Å²) in [6, 6.07) is 12.5. The Morgan fingerprint density at radius 2 is 1.47 bits per heavy atom. The lowest BCUT2D eigenvalue weighted by Crippen LogP contribution is -2.18. The van der Waals surface area contributed by atoms with Crippen LogP contribution in [0, 0.1) is 0 Å². The molecule has 13 nitrogen and oxygen atoms in total. The third kappa shape index (κ3) is 7.22. The molecule has 0 fully saturated rings. The van der Waals surface area contributed by atoms with Crippen LogP contribution >= 0.6 is 0 Å². The number of fused-ring (bicyclic) bond motifs is 1. The third-order valence-corrected chi connectivity index (χ3v) is 5.73. The number of para-hydroxylation sites is 1. The van der Waals surface area contributed by atoms with Gasteiger partial charge in [0.05, 0.1) is 19.8 Å². The fraction of sp³-hybridized carbons (Fsp3) is 0.233. The van der Waals surface area contributed by atoms with Crippen LogP contribution in [0.3, 0.4) is 0 Å². The standard InChI is InChI=1S/C30H28O13/c1-17(34)41-22-5-3-2-4-20(22)30(37)43-29-27(36)26-21(35)15-19(38-11-8-31)16-25(26)42-28(29)18-6-7-23(39-12-9-32)24(14-18)40-13-10-33/h2-7,14-16,31-33,35H,8-13H2,1H3. The van der Waals surface area contributed by atoms with Crippen molar-refractivity contribution in [3.8, 4) is 45.8 Å². The number of hydrogen-bond acceptors (Lipinski definition) is 13. The zero-order chi connectivity index (χ0) is 30.9. The third-order valence-electron chi connectivity index (χ3n) is 5.73. The first-order valence-corrected chi connectivity index (χ1v) is 13.0. The van der Waals surface area contributed by atoms with Crippen molar-refractivity contribution in [1.82, 2.24) is 0 Å². The highest BCUT2D eigenvalue weighted by molar-refractivity contribution is 5.96. The van der Waals surface area contributed by atoms with Crippen molar-refractivity contribution >= 4 is 22.9 Å². The molecule has 226 valence electrons. The first kappa shape index (κ1) is 30.8. The number of phenols is 1. The Balaban J connectivity index is 1.91. The fourth-order valence-corrected chi connectivity index (χ4v) is 4.01. The van der Waals surface area contributed by atoms with E-state index in [0.717, 1.165) is 13.0 Å². The molecule has 0 amide bonds. The average molecular weight is 597 g/mol. The molecule has 0 spiro atoms. The van der Waals surface area contributed by atoms with Crippen LogP contribution in [-0.2, 0) is 4.79 Å². The molecule has 0 aliphatic rings. The Morgan fingerprint density at radius 3 is 2.16 bits per heavy atom. The van der Waals surface area contributed by atoms with E-state index >= 15 is 0 Å². The van der Waals surface area contributed by atoms with Gasteiger partial charge in [-0.3, -0.25) is 9.59 Å². The predicted molar refractivity (Wildman–Crippen MR) is 150 cm³/mol. The quantitative estimate of drug-likeness (QED) is 0.130. The van der Waals surface area contributed by atoms with Gasteiger partial charge in [0.15, 0.2) is 17.3 Å². The molecule has 0 aliphatic carbocycles. The summed E-state index contributed by atoms with van der Waals surface area (Å²) in [5.41, 5.74) is -1.05. The monoisotopic (exact) mass is 596 g/mol. The van der Waals surface area contributed by atoms with E-state index in [1.807, 2.05) is 0 Å². The Hall–Kier alpha value is -5.11. The Bertz CT molecular complexity index is 1680. The smallest absolute Gasteiger partial charge is 0.347 e. The van der Waals surface area contributed by atoms with E-state index in [1.54, 1.807) is 0 Å². The Kier molecular flexibility index (Phi) is 10.2. The largest absolute Gasteiger partial charge is 0.507 e. The number of esters is 2. The summed E-state index contributed by atoms with van der Waals surface area (Å²) in [5.74, 6) is -2.84. The maximum Gasteiger partial charge on any atom is 0.347 e. The minimum absolute atomic E-state index is 0.0552. The number of hydrogen-bond donors (Lipinski definition) is 4. The van der Waals surface area contributed by atoms with Crippen molar-refractivity contribution in [1.29, 1.82) is 0 Å². The molecule has 4 aromatic rings. The van der Waals surface area contributed by atoms with Crippen molar-refractivity contribution in [3.05, 3.63) is 70.4 Å². The zero-order valence-electron chi connectivity index (χ0n) is 22.9. The average Bonchev–Trinajstić information content (AvgIpc) is 2.99. The first-order valence-electron chi connectivity index (χ1n) is 13.0. The number of aromatic hydroxyl groups is 1. The topological polar surface area (TPSA) is 191 Å². The van der Waals surface area contributed by atoms with Crippen LogP contribution < -0.4 is 29.1 Å². The molecule has 1 aromatic heterocycles. The van der Waals surface area contributed by atoms with Crippen LogP contribution in [0.5, 0.6) is 34.5 Å². The van der Waals surface area contributed by atoms with Gasteiger partial charge in [0.2, 0.25) is 11.2 Å². The normalized spacial score (nSPS) is 10.8. The number of carbonyl (C=O) groups is 2. The van der Waals surface area contributed by atoms with Crippen molar-refractivity contribution in [2.75, 3.05) is 39.6 Å². The molecule has 0 unspecified atom stereocenters. The summed E-state index contributed by atoms with van der Waals surface area (Å²) in [7, 11) is 0. The molecule has 0 atom stereocenters. The number of ether oxygens (including phenoxy) is 5. The second-order valence-corrected chi connectivity index (χ2v) is 8.76. The summed E-state index contributed by atoms with van der Waals surface area (Å²) < 4.78 is 33.1. The van der Waals surface area contributed by atoms with Crippen LogP contribution in [0.1, 0.15) is 17.3 Å². The van der Waals surface area contributed by atoms with E-state index in [2.05, 4.69) is 0 Å². The molecule has 0 aliphatic heterocycles. The number of rotatable bonds is 13. The van der Waals surface area contributed by atoms with Gasteiger partial charge in [-0.05, 0) is 30.3 Å². The molecule has 0 saturated carbocycles. The molecule has 0 saturated heterocycles. The minimum Gasteiger partial charge on any atom is -0.507 e. The van der Waals surface area contributed by atoms with Crippen LogP contribution in [-0.4, -0.2) is 72.0 Å². The maximum absolute atomic E-state index is 13.8. The van der Waals surface area contributed by atoms with Crippen molar-refractivity contribution in [2.45, 2.75) is 6.92 Å². The lowest BCUT2D eigenvalue weighted by Gasteiger charge is -2.16. The predicted octanol–water partition coefficient (Wildman–Crippen LogP) is 2.42. The molecule has 0 radical (unpaired) electrons. The number of aliphatic hydroxyl groups is 3. The first-order chi connectivity index (χ1) is 20.8. The Labute approximate surface area is 244 Å². The van der Waals surface area contributed by atoms with Crippen LogP contribution in [0.25, 0.3) is 22.3 Å². The molecule has 13 heteroatoms. The van der Waals surface area contributed by atoms with Gasteiger partial charge in [-0.2, -0.15) is 0 Å². The molecule has 43 heavy (non-hydrogen) atoms. The summed E-state index contributed by atoms with van der Waals surface area (Å²) in [5, 5.41) is 37.9. The second-order valence-electron chi connectivity index (χ2n) is 8.76. The van der Waals surface area contributed by atoms with Gasteiger partial charge in [-0.1, -0.05) is 12.1 Å². The van der Waals surface area contributed by atoms with Gasteiger partial charge in [0.25, 0.3) is 0 Å². The van der Waals surface area contributed by atoms with E-state index in [9.17, 15) is 24.6 Å². The number of carbonyl (C=O) groups excluding carboxylic acids is 2. The highest BCUT2D eigenvalue weighted by atomic mass is 16.6. The highest BCUT2D eigenvalue weighted by Gasteiger charge is 2.26. The second kappa shape index (κ2) is 14.2. The van der Waals surface area contributed by atoms with Crippen molar-refractivity contribution < 1.29 is 58.1 Å². The van der Waals surface area contributed by atoms with E-state index in [1.165, 1.54) is 48.5 Å². The maximum atomic E-state index is 13.8. The fourth-order valence-electron chi connectivity index (χ4n) is 4.01. The molecule has 4 rings (SSSR count). The number of aliphatic hydroxyl groups excluding tert-OH is 3. The molecule has 4 N–H and O–H groups in total.